The highest BCUT2D eigenvalue weighted by molar-refractivity contribution is 8.26. The van der Waals surface area contributed by atoms with E-state index in [0.717, 1.165) is 53.1 Å². The summed E-state index contributed by atoms with van der Waals surface area (Å²) in [4.78, 5) is 15.6. The maximum Gasteiger partial charge on any atom is 0.266 e. The lowest BCUT2D eigenvalue weighted by atomic mass is 10.0. The van der Waals surface area contributed by atoms with E-state index in [2.05, 4.69) is 13.8 Å². The number of amides is 1. The quantitative estimate of drug-likeness (QED) is 0.168. The zero-order chi connectivity index (χ0) is 24.8. The highest BCUT2D eigenvalue weighted by atomic mass is 32.2. The molecule has 7 heteroatoms. The van der Waals surface area contributed by atoms with E-state index in [-0.39, 0.29) is 5.91 Å². The Hall–Kier alpha value is -2.90. The van der Waals surface area contributed by atoms with Gasteiger partial charge in [0.2, 0.25) is 0 Å². The van der Waals surface area contributed by atoms with Crippen molar-refractivity contribution in [2.24, 2.45) is 0 Å². The first-order chi connectivity index (χ1) is 17.0. The molecule has 3 aromatic rings. The van der Waals surface area contributed by atoms with Crippen LogP contribution in [0.25, 0.3) is 23.0 Å². The number of benzene rings is 2. The van der Waals surface area contributed by atoms with E-state index >= 15 is 0 Å². The molecule has 0 radical (unpaired) electrons. The van der Waals surface area contributed by atoms with Gasteiger partial charge in [0.25, 0.3) is 5.91 Å². The molecular formula is C28H31N3O2S2. The van der Waals surface area contributed by atoms with E-state index < -0.39 is 0 Å². The fourth-order valence-corrected chi connectivity index (χ4v) is 5.40. The minimum Gasteiger partial charge on any atom is -0.494 e. The summed E-state index contributed by atoms with van der Waals surface area (Å²) in [5.41, 5.74) is 4.73. The van der Waals surface area contributed by atoms with Crippen LogP contribution in [0, 0.1) is 6.92 Å². The molecule has 1 fully saturated rings. The van der Waals surface area contributed by atoms with Crippen molar-refractivity contribution < 1.29 is 9.53 Å². The molecule has 0 atom stereocenters. The molecule has 2 heterocycles. The first-order valence-corrected chi connectivity index (χ1v) is 13.4. The molecule has 0 spiro atoms. The molecule has 0 unspecified atom stereocenters. The second-order valence-corrected chi connectivity index (χ2v) is 10.2. The predicted molar refractivity (Wildman–Crippen MR) is 149 cm³/mol. The predicted octanol–water partition coefficient (Wildman–Crippen LogP) is 7.03. The number of ether oxygens (including phenoxy) is 1. The Labute approximate surface area is 217 Å². The largest absolute Gasteiger partial charge is 0.494 e. The van der Waals surface area contributed by atoms with Gasteiger partial charge < -0.3 is 4.74 Å². The summed E-state index contributed by atoms with van der Waals surface area (Å²) in [6, 6.07) is 16.0. The Bertz CT molecular complexity index is 1230. The molecule has 1 saturated heterocycles. The van der Waals surface area contributed by atoms with Crippen LogP contribution in [0.5, 0.6) is 5.75 Å². The maximum absolute atomic E-state index is 13.2. The van der Waals surface area contributed by atoms with Crippen molar-refractivity contribution in [1.82, 2.24) is 14.7 Å². The molecule has 35 heavy (non-hydrogen) atoms. The Balaban J connectivity index is 1.70. The number of carbonyl (C=O) groups is 1. The number of hydrogen-bond donors (Lipinski definition) is 0. The van der Waals surface area contributed by atoms with Crippen LogP contribution in [0.3, 0.4) is 0 Å². The molecule has 5 nitrogen and oxygen atoms in total. The number of thiocarbonyl (C=S) groups is 1. The van der Waals surface area contributed by atoms with E-state index in [0.29, 0.717) is 22.4 Å². The van der Waals surface area contributed by atoms with Gasteiger partial charge in [-0.05, 0) is 62.2 Å². The van der Waals surface area contributed by atoms with Gasteiger partial charge in [-0.25, -0.2) is 4.68 Å². The van der Waals surface area contributed by atoms with Crippen LogP contribution >= 0.6 is 24.0 Å². The summed E-state index contributed by atoms with van der Waals surface area (Å²) in [7, 11) is 0. The fourth-order valence-electron chi connectivity index (χ4n) is 4.10. The Morgan fingerprint density at radius 2 is 1.89 bits per heavy atom. The maximum atomic E-state index is 13.2. The standard InChI is InChI=1S/C28H31N3O2S2/c1-4-6-7-11-16-30-27(32)25(35-28(30)34)18-21-19-31(22-12-9-8-10-13-22)29-26(21)24-15-14-23(33-5-2)17-20(24)3/h8-10,12-15,17-19H,4-7,11,16H2,1-3H3/b25-18-. The fraction of sp³-hybridized carbons (Fsp3) is 0.321. The molecule has 1 aliphatic heterocycles. The molecule has 1 aromatic heterocycles. The molecular weight excluding hydrogens is 474 g/mol. The van der Waals surface area contributed by atoms with E-state index in [1.165, 1.54) is 18.2 Å². The summed E-state index contributed by atoms with van der Waals surface area (Å²) in [6.07, 6.45) is 8.33. The number of carbonyl (C=O) groups excluding carboxylic acids is 1. The molecule has 4 rings (SSSR count). The highest BCUT2D eigenvalue weighted by Gasteiger charge is 2.32. The number of aryl methyl sites for hydroxylation is 1. The lowest BCUT2D eigenvalue weighted by Gasteiger charge is -2.13. The Morgan fingerprint density at radius 1 is 1.09 bits per heavy atom. The van der Waals surface area contributed by atoms with Crippen LogP contribution in [0.4, 0.5) is 0 Å². The van der Waals surface area contributed by atoms with Gasteiger partial charge in [0.1, 0.15) is 15.8 Å². The van der Waals surface area contributed by atoms with Crippen LogP contribution in [0.2, 0.25) is 0 Å². The van der Waals surface area contributed by atoms with E-state index in [4.69, 9.17) is 22.1 Å². The minimum absolute atomic E-state index is 0.0154. The van der Waals surface area contributed by atoms with E-state index in [1.807, 2.05) is 72.4 Å². The molecule has 0 aliphatic carbocycles. The molecule has 0 N–H and O–H groups in total. The van der Waals surface area contributed by atoms with Gasteiger partial charge in [-0.3, -0.25) is 9.69 Å². The topological polar surface area (TPSA) is 47.4 Å². The average molecular weight is 506 g/mol. The summed E-state index contributed by atoms with van der Waals surface area (Å²) < 4.78 is 8.16. The molecule has 182 valence electrons. The number of hydrogen-bond acceptors (Lipinski definition) is 5. The van der Waals surface area contributed by atoms with E-state index in [1.54, 1.807) is 4.90 Å². The van der Waals surface area contributed by atoms with Crippen LogP contribution in [0.1, 0.15) is 50.7 Å². The van der Waals surface area contributed by atoms with Gasteiger partial charge in [-0.1, -0.05) is 68.4 Å². The van der Waals surface area contributed by atoms with Crippen molar-refractivity contribution >= 4 is 40.3 Å². The molecule has 0 bridgehead atoms. The second-order valence-electron chi connectivity index (χ2n) is 8.52. The van der Waals surface area contributed by atoms with Crippen molar-refractivity contribution in [2.75, 3.05) is 13.2 Å². The van der Waals surface area contributed by atoms with E-state index in [9.17, 15) is 4.79 Å². The van der Waals surface area contributed by atoms with Crippen LogP contribution in [-0.2, 0) is 4.79 Å². The third-order valence-electron chi connectivity index (χ3n) is 5.92. The van der Waals surface area contributed by atoms with Crippen molar-refractivity contribution in [3.63, 3.8) is 0 Å². The third kappa shape index (κ3) is 5.85. The third-order valence-corrected chi connectivity index (χ3v) is 7.30. The number of unbranched alkanes of at least 4 members (excludes halogenated alkanes) is 3. The number of aromatic nitrogens is 2. The molecule has 1 aliphatic rings. The summed E-state index contributed by atoms with van der Waals surface area (Å²) in [6.45, 7) is 7.51. The van der Waals surface area contributed by atoms with Crippen LogP contribution < -0.4 is 4.74 Å². The number of para-hydroxylation sites is 1. The monoisotopic (exact) mass is 505 g/mol. The van der Waals surface area contributed by atoms with Gasteiger partial charge in [0, 0.05) is 23.9 Å². The first kappa shape index (κ1) is 25.2. The number of thioether (sulfide) groups is 1. The first-order valence-electron chi connectivity index (χ1n) is 12.2. The van der Waals surface area contributed by atoms with Crippen molar-refractivity contribution in [1.29, 1.82) is 0 Å². The lowest BCUT2D eigenvalue weighted by Crippen LogP contribution is -2.29. The SMILES string of the molecule is CCCCCCN1C(=O)/C(=C/c2cn(-c3ccccc3)nc2-c2ccc(OCC)cc2C)SC1=S. The Morgan fingerprint density at radius 3 is 2.60 bits per heavy atom. The van der Waals surface area contributed by atoms with Gasteiger partial charge in [0.05, 0.1) is 17.2 Å². The van der Waals surface area contributed by atoms with Gasteiger partial charge in [0.15, 0.2) is 0 Å². The van der Waals surface area contributed by atoms with Gasteiger partial charge >= 0.3 is 0 Å². The average Bonchev–Trinajstić information content (AvgIpc) is 3.38. The van der Waals surface area contributed by atoms with Crippen molar-refractivity contribution in [3.05, 3.63) is 70.8 Å². The molecule has 1 amide bonds. The van der Waals surface area contributed by atoms with Crippen LogP contribution in [-0.4, -0.2) is 38.1 Å². The normalized spacial score (nSPS) is 14.8. The van der Waals surface area contributed by atoms with Gasteiger partial charge in [-0.15, -0.1) is 0 Å². The molecule has 0 saturated carbocycles. The smallest absolute Gasteiger partial charge is 0.266 e. The minimum atomic E-state index is -0.0154. The zero-order valence-corrected chi connectivity index (χ0v) is 22.1. The zero-order valence-electron chi connectivity index (χ0n) is 20.5. The molecule has 2 aromatic carbocycles. The summed E-state index contributed by atoms with van der Waals surface area (Å²) >= 11 is 6.92. The van der Waals surface area contributed by atoms with Crippen molar-refractivity contribution in [3.8, 4) is 22.7 Å². The highest BCUT2D eigenvalue weighted by Crippen LogP contribution is 2.36. The van der Waals surface area contributed by atoms with Crippen LogP contribution in [0.15, 0.2) is 59.6 Å². The summed E-state index contributed by atoms with van der Waals surface area (Å²) in [5.74, 6) is 0.820. The van der Waals surface area contributed by atoms with Gasteiger partial charge in [-0.2, -0.15) is 5.10 Å². The van der Waals surface area contributed by atoms with Crippen molar-refractivity contribution in [2.45, 2.75) is 46.5 Å². The second kappa shape index (κ2) is 11.7. The number of rotatable bonds is 10. The summed E-state index contributed by atoms with van der Waals surface area (Å²) in [5, 5.41) is 4.93. The number of nitrogens with zero attached hydrogens (tertiary/aromatic N) is 3. The lowest BCUT2D eigenvalue weighted by molar-refractivity contribution is -0.122. The Kier molecular flexibility index (Phi) is 8.42.